The number of benzene rings is 2. The molecule has 1 aliphatic heterocycles. The highest BCUT2D eigenvalue weighted by molar-refractivity contribution is 6.16. The van der Waals surface area contributed by atoms with Gasteiger partial charge in [-0.05, 0) is 36.8 Å². The number of carbonyl (C=O) groups excluding carboxylic acids is 2. The number of aliphatic hydroxyl groups excluding tert-OH is 1. The van der Waals surface area contributed by atoms with Crippen LogP contribution in [0.3, 0.4) is 0 Å². The molecule has 0 spiro atoms. The van der Waals surface area contributed by atoms with E-state index in [1.54, 1.807) is 0 Å². The number of anilines is 1. The van der Waals surface area contributed by atoms with Gasteiger partial charge in [-0.1, -0.05) is 12.1 Å². The second-order valence-electron chi connectivity index (χ2n) is 6.10. The average Bonchev–Trinajstić information content (AvgIpc) is 2.93. The van der Waals surface area contributed by atoms with E-state index >= 15 is 0 Å². The van der Waals surface area contributed by atoms with Gasteiger partial charge in [0.1, 0.15) is 0 Å². The van der Waals surface area contributed by atoms with Gasteiger partial charge in [-0.2, -0.15) is 0 Å². The molecule has 0 saturated heterocycles. The van der Waals surface area contributed by atoms with Gasteiger partial charge in [-0.15, -0.1) is 0 Å². The van der Waals surface area contributed by atoms with Crippen LogP contribution in [0.2, 0.25) is 0 Å². The number of aliphatic hydroxyl groups is 1. The van der Waals surface area contributed by atoms with Crippen molar-refractivity contribution in [3.05, 3.63) is 81.1 Å². The maximum absolute atomic E-state index is 12.7. The number of hydrogen-bond acceptors (Lipinski definition) is 6. The predicted octanol–water partition coefficient (Wildman–Crippen LogP) is 2.78. The summed E-state index contributed by atoms with van der Waals surface area (Å²) in [4.78, 5) is 47.4. The summed E-state index contributed by atoms with van der Waals surface area (Å²) in [6, 6.07) is 9.60. The van der Waals surface area contributed by atoms with E-state index in [4.69, 9.17) is 5.11 Å². The molecule has 0 unspecified atom stereocenters. The van der Waals surface area contributed by atoms with Gasteiger partial charge in [0.15, 0.2) is 11.5 Å². The number of carboxylic acid groups (broad SMARTS) is 1. The zero-order valence-electron chi connectivity index (χ0n) is 14.5. The van der Waals surface area contributed by atoms with E-state index in [0.29, 0.717) is 0 Å². The quantitative estimate of drug-likeness (QED) is 0.599. The van der Waals surface area contributed by atoms with Gasteiger partial charge in [0.05, 0.1) is 22.1 Å². The van der Waals surface area contributed by atoms with Crippen LogP contribution in [-0.2, 0) is 9.59 Å². The highest BCUT2D eigenvalue weighted by Gasteiger charge is 2.43. The van der Waals surface area contributed by atoms with E-state index in [0.717, 1.165) is 4.90 Å². The summed E-state index contributed by atoms with van der Waals surface area (Å²) in [5, 5.41) is 30.4. The second-order valence-corrected chi connectivity index (χ2v) is 6.10. The fraction of sp³-hybridized carbons (Fsp3) is 0.105. The summed E-state index contributed by atoms with van der Waals surface area (Å²) in [7, 11) is 0. The minimum Gasteiger partial charge on any atom is -0.503 e. The van der Waals surface area contributed by atoms with E-state index in [1.165, 1.54) is 55.5 Å². The van der Waals surface area contributed by atoms with Crippen molar-refractivity contribution in [1.82, 2.24) is 0 Å². The Morgan fingerprint density at radius 2 is 1.79 bits per heavy atom. The van der Waals surface area contributed by atoms with Crippen LogP contribution >= 0.6 is 0 Å². The molecule has 1 heterocycles. The minimum absolute atomic E-state index is 0.00809. The van der Waals surface area contributed by atoms with Gasteiger partial charge in [-0.3, -0.25) is 24.6 Å². The first kappa shape index (κ1) is 18.8. The van der Waals surface area contributed by atoms with Crippen molar-refractivity contribution >= 4 is 29.0 Å². The maximum Gasteiger partial charge on any atom is 0.335 e. The Kier molecular flexibility index (Phi) is 4.66. The van der Waals surface area contributed by atoms with Crippen LogP contribution in [0.25, 0.3) is 0 Å². The Morgan fingerprint density at radius 3 is 2.32 bits per heavy atom. The number of ketones is 1. The van der Waals surface area contributed by atoms with Crippen molar-refractivity contribution in [2.24, 2.45) is 0 Å². The minimum atomic E-state index is -1.15. The molecule has 2 N–H and O–H groups in total. The number of carbonyl (C=O) groups is 3. The second kappa shape index (κ2) is 6.95. The number of aromatic carboxylic acids is 1. The standard InChI is InChI=1S/C19H14N2O7/c1-10(22)15-16(12-3-2-4-14(9-12)21(27)28)20(18(24)17(15)23)13-7-5-11(6-8-13)19(25)26/h2-9,16,23H,1H3,(H,25,26)/t16-/m1/s1. The van der Waals surface area contributed by atoms with Crippen LogP contribution in [-0.4, -0.2) is 32.8 Å². The number of amides is 1. The summed E-state index contributed by atoms with van der Waals surface area (Å²) in [5.74, 6) is -3.32. The number of non-ortho nitro benzene ring substituents is 1. The Labute approximate surface area is 158 Å². The van der Waals surface area contributed by atoms with Gasteiger partial charge in [-0.25, -0.2) is 4.79 Å². The highest BCUT2D eigenvalue weighted by atomic mass is 16.6. The van der Waals surface area contributed by atoms with Crippen LogP contribution < -0.4 is 4.90 Å². The molecule has 9 nitrogen and oxygen atoms in total. The number of nitro benzene ring substituents is 1. The first-order valence-corrected chi connectivity index (χ1v) is 8.07. The maximum atomic E-state index is 12.7. The summed E-state index contributed by atoms with van der Waals surface area (Å²) < 4.78 is 0. The fourth-order valence-electron chi connectivity index (χ4n) is 3.12. The number of nitro groups is 1. The van der Waals surface area contributed by atoms with Crippen LogP contribution in [0.4, 0.5) is 11.4 Å². The smallest absolute Gasteiger partial charge is 0.335 e. The predicted molar refractivity (Wildman–Crippen MR) is 97.1 cm³/mol. The number of nitrogens with zero attached hydrogens (tertiary/aromatic N) is 2. The van der Waals surface area contributed by atoms with E-state index in [9.17, 15) is 29.6 Å². The number of Topliss-reactive ketones (excluding diaryl/α,β-unsaturated/α-hetero) is 1. The Hall–Kier alpha value is -4.01. The van der Waals surface area contributed by atoms with Crippen molar-refractivity contribution < 1.29 is 29.5 Å². The summed E-state index contributed by atoms with van der Waals surface area (Å²) in [6.45, 7) is 1.18. The molecule has 0 radical (unpaired) electrons. The van der Waals surface area contributed by atoms with Crippen molar-refractivity contribution in [3.8, 4) is 0 Å². The van der Waals surface area contributed by atoms with Gasteiger partial charge < -0.3 is 10.2 Å². The van der Waals surface area contributed by atoms with E-state index < -0.39 is 34.4 Å². The summed E-state index contributed by atoms with van der Waals surface area (Å²) in [5.41, 5.74) is 0.0629. The lowest BCUT2D eigenvalue weighted by Gasteiger charge is -2.26. The molecule has 0 saturated carbocycles. The monoisotopic (exact) mass is 382 g/mol. The highest BCUT2D eigenvalue weighted by Crippen LogP contribution is 2.41. The number of hydrogen-bond donors (Lipinski definition) is 2. The number of rotatable bonds is 5. The third kappa shape index (κ3) is 3.09. The van der Waals surface area contributed by atoms with Crippen LogP contribution in [0.15, 0.2) is 59.9 Å². The molecule has 0 bridgehead atoms. The van der Waals surface area contributed by atoms with Crippen molar-refractivity contribution in [2.45, 2.75) is 13.0 Å². The molecule has 1 atom stereocenters. The molecule has 0 aliphatic carbocycles. The van der Waals surface area contributed by atoms with Crippen LogP contribution in [0.1, 0.15) is 28.9 Å². The zero-order valence-corrected chi connectivity index (χ0v) is 14.5. The first-order valence-electron chi connectivity index (χ1n) is 8.07. The van der Waals surface area contributed by atoms with Crippen molar-refractivity contribution in [1.29, 1.82) is 0 Å². The molecular formula is C19H14N2O7. The zero-order chi connectivity index (χ0) is 20.6. The van der Waals surface area contributed by atoms with E-state index in [-0.39, 0.29) is 28.1 Å². The molecule has 2 aromatic carbocycles. The number of carboxylic acids is 1. The van der Waals surface area contributed by atoms with Gasteiger partial charge in [0, 0.05) is 17.8 Å². The largest absolute Gasteiger partial charge is 0.503 e. The molecule has 1 aliphatic rings. The molecule has 28 heavy (non-hydrogen) atoms. The van der Waals surface area contributed by atoms with E-state index in [2.05, 4.69) is 0 Å². The van der Waals surface area contributed by atoms with E-state index in [1.807, 2.05) is 0 Å². The van der Waals surface area contributed by atoms with Crippen LogP contribution in [0, 0.1) is 10.1 Å². The molecule has 1 amide bonds. The molecule has 2 aromatic rings. The van der Waals surface area contributed by atoms with Crippen molar-refractivity contribution in [2.75, 3.05) is 4.90 Å². The van der Waals surface area contributed by atoms with Crippen molar-refractivity contribution in [3.63, 3.8) is 0 Å². The molecule has 142 valence electrons. The molecule has 0 aromatic heterocycles. The fourth-order valence-corrected chi connectivity index (χ4v) is 3.12. The summed E-state index contributed by atoms with van der Waals surface area (Å²) >= 11 is 0. The third-order valence-corrected chi connectivity index (χ3v) is 4.38. The SMILES string of the molecule is CC(=O)C1=C(O)C(=O)N(c2ccc(C(=O)O)cc2)[C@@H]1c1cccc([N+](=O)[O-])c1. The average molecular weight is 382 g/mol. The third-order valence-electron chi connectivity index (χ3n) is 4.38. The Morgan fingerprint density at radius 1 is 1.14 bits per heavy atom. The topological polar surface area (TPSA) is 138 Å². The molecule has 3 rings (SSSR count). The van der Waals surface area contributed by atoms with Gasteiger partial charge >= 0.3 is 5.97 Å². The summed E-state index contributed by atoms with van der Waals surface area (Å²) in [6.07, 6.45) is 0. The molecule has 0 fully saturated rings. The molecule has 9 heteroatoms. The lowest BCUT2D eigenvalue weighted by Crippen LogP contribution is -2.30. The first-order chi connectivity index (χ1) is 13.2. The van der Waals surface area contributed by atoms with Crippen LogP contribution in [0.5, 0.6) is 0 Å². The Bertz CT molecular complexity index is 1040. The lowest BCUT2D eigenvalue weighted by molar-refractivity contribution is -0.384. The molecular weight excluding hydrogens is 368 g/mol. The lowest BCUT2D eigenvalue weighted by atomic mass is 9.96. The normalized spacial score (nSPS) is 16.4. The van der Waals surface area contributed by atoms with Gasteiger partial charge in [0.25, 0.3) is 11.6 Å². The van der Waals surface area contributed by atoms with Gasteiger partial charge in [0.2, 0.25) is 0 Å². The Balaban J connectivity index is 2.16.